The van der Waals surface area contributed by atoms with Gasteiger partial charge in [0.25, 0.3) is 0 Å². The van der Waals surface area contributed by atoms with Crippen LogP contribution in [-0.2, 0) is 19.5 Å². The van der Waals surface area contributed by atoms with E-state index in [1.54, 1.807) is 0 Å². The number of rotatable bonds is 6. The van der Waals surface area contributed by atoms with Crippen LogP contribution in [0.2, 0.25) is 0 Å². The Morgan fingerprint density at radius 3 is 2.59 bits per heavy atom. The molecule has 1 fully saturated rings. The maximum absolute atomic E-state index is 4.88. The van der Waals surface area contributed by atoms with Crippen LogP contribution in [0.15, 0.2) is 12.1 Å². The van der Waals surface area contributed by atoms with Gasteiger partial charge < -0.3 is 4.90 Å². The first kappa shape index (κ1) is 20.3. The van der Waals surface area contributed by atoms with Crippen molar-refractivity contribution in [3.8, 4) is 0 Å². The van der Waals surface area contributed by atoms with E-state index in [0.717, 1.165) is 50.1 Å². The first-order valence-corrected chi connectivity index (χ1v) is 11.4. The monoisotopic (exact) mass is 396 g/mol. The van der Waals surface area contributed by atoms with Crippen molar-refractivity contribution in [2.45, 2.75) is 84.8 Å². The molecule has 2 aliphatic rings. The lowest BCUT2D eigenvalue weighted by Gasteiger charge is -2.38. The molecule has 0 radical (unpaired) electrons. The van der Waals surface area contributed by atoms with Crippen molar-refractivity contribution in [1.82, 2.24) is 24.6 Å². The van der Waals surface area contributed by atoms with Crippen LogP contribution in [-0.4, -0.2) is 50.3 Å². The second kappa shape index (κ2) is 8.82. The molecule has 0 N–H and O–H groups in total. The van der Waals surface area contributed by atoms with Crippen molar-refractivity contribution in [2.24, 2.45) is 0 Å². The lowest BCUT2D eigenvalue weighted by atomic mass is 10.0. The topological polar surface area (TPSA) is 50.1 Å². The molecule has 6 heteroatoms. The van der Waals surface area contributed by atoms with Crippen LogP contribution in [0, 0.1) is 6.92 Å². The lowest BCUT2D eigenvalue weighted by Crippen LogP contribution is -2.45. The van der Waals surface area contributed by atoms with Gasteiger partial charge in [-0.25, -0.2) is 9.97 Å². The van der Waals surface area contributed by atoms with Crippen LogP contribution >= 0.6 is 0 Å². The minimum Gasteiger partial charge on any atom is -0.356 e. The Morgan fingerprint density at radius 1 is 1.10 bits per heavy atom. The van der Waals surface area contributed by atoms with Crippen LogP contribution in [0.3, 0.4) is 0 Å². The number of hydrogen-bond donors (Lipinski definition) is 0. The molecule has 2 aromatic rings. The summed E-state index contributed by atoms with van der Waals surface area (Å²) in [4.78, 5) is 14.5. The number of aryl methyl sites for hydroxylation is 3. The molecule has 0 amide bonds. The highest BCUT2D eigenvalue weighted by Crippen LogP contribution is 2.25. The van der Waals surface area contributed by atoms with Crippen molar-refractivity contribution in [1.29, 1.82) is 0 Å². The largest absolute Gasteiger partial charge is 0.356 e. The number of hydrogen-bond acceptors (Lipinski definition) is 5. The van der Waals surface area contributed by atoms with Crippen LogP contribution in [0.25, 0.3) is 0 Å². The van der Waals surface area contributed by atoms with Gasteiger partial charge >= 0.3 is 0 Å². The third-order valence-corrected chi connectivity index (χ3v) is 6.42. The Balaban J connectivity index is 1.38. The zero-order valence-electron chi connectivity index (χ0n) is 18.6. The maximum atomic E-state index is 4.88. The van der Waals surface area contributed by atoms with Gasteiger partial charge in [0.2, 0.25) is 0 Å². The van der Waals surface area contributed by atoms with E-state index >= 15 is 0 Å². The van der Waals surface area contributed by atoms with E-state index in [0.29, 0.717) is 12.0 Å². The Labute approximate surface area is 175 Å². The molecule has 0 bridgehead atoms. The molecule has 2 aromatic heterocycles. The Bertz CT molecular complexity index is 795. The number of fused-ring (bicyclic) bond motifs is 1. The van der Waals surface area contributed by atoms with Crippen molar-refractivity contribution in [2.75, 3.05) is 24.5 Å². The van der Waals surface area contributed by atoms with Gasteiger partial charge in [0.15, 0.2) is 0 Å². The van der Waals surface area contributed by atoms with E-state index in [4.69, 9.17) is 10.1 Å². The highest BCUT2D eigenvalue weighted by atomic mass is 15.3. The smallest absolute Gasteiger partial charge is 0.133 e. The van der Waals surface area contributed by atoms with E-state index in [1.165, 1.54) is 43.5 Å². The van der Waals surface area contributed by atoms with Crippen molar-refractivity contribution in [3.05, 3.63) is 35.0 Å². The van der Waals surface area contributed by atoms with Crippen molar-refractivity contribution >= 4 is 5.82 Å². The van der Waals surface area contributed by atoms with Gasteiger partial charge in [0.1, 0.15) is 11.6 Å². The fourth-order valence-corrected chi connectivity index (χ4v) is 4.72. The lowest BCUT2D eigenvalue weighted by molar-refractivity contribution is 0.166. The van der Waals surface area contributed by atoms with Gasteiger partial charge in [-0.2, -0.15) is 5.10 Å². The minimum atomic E-state index is 0.363. The average molecular weight is 397 g/mol. The number of piperidine rings is 1. The fraction of sp³-hybridized carbons (Fsp3) is 0.696. The van der Waals surface area contributed by atoms with E-state index in [9.17, 15) is 0 Å². The van der Waals surface area contributed by atoms with Gasteiger partial charge in [-0.1, -0.05) is 20.8 Å². The molecule has 0 aromatic carbocycles. The molecule has 0 aliphatic carbocycles. The summed E-state index contributed by atoms with van der Waals surface area (Å²) in [5.74, 6) is 2.42. The summed E-state index contributed by atoms with van der Waals surface area (Å²) in [5.41, 5.74) is 3.75. The molecule has 0 spiro atoms. The third kappa shape index (κ3) is 4.63. The molecule has 4 rings (SSSR count). The fourth-order valence-electron chi connectivity index (χ4n) is 4.72. The van der Waals surface area contributed by atoms with Crippen LogP contribution in [0.5, 0.6) is 0 Å². The summed E-state index contributed by atoms with van der Waals surface area (Å²) in [5, 5.41) is 4.88. The third-order valence-electron chi connectivity index (χ3n) is 6.42. The predicted molar refractivity (Wildman–Crippen MR) is 117 cm³/mol. The molecule has 4 heterocycles. The molecule has 0 saturated carbocycles. The Hall–Kier alpha value is -1.95. The molecule has 29 heavy (non-hydrogen) atoms. The normalized spacial score (nSPS) is 17.9. The number of nitrogens with zero attached hydrogens (tertiary/aromatic N) is 6. The maximum Gasteiger partial charge on any atom is 0.133 e. The zero-order chi connectivity index (χ0) is 20.4. The highest BCUT2D eigenvalue weighted by molar-refractivity contribution is 5.40. The number of aromatic nitrogens is 4. The minimum absolute atomic E-state index is 0.363. The predicted octanol–water partition coefficient (Wildman–Crippen LogP) is 3.93. The van der Waals surface area contributed by atoms with Gasteiger partial charge in [-0.05, 0) is 51.6 Å². The van der Waals surface area contributed by atoms with Crippen LogP contribution in [0.4, 0.5) is 5.82 Å². The molecule has 0 unspecified atom stereocenters. The second-order valence-electron chi connectivity index (χ2n) is 8.97. The summed E-state index contributed by atoms with van der Waals surface area (Å²) >= 11 is 0. The summed E-state index contributed by atoms with van der Waals surface area (Å²) in [6.07, 6.45) is 6.13. The average Bonchev–Trinajstić information content (AvgIpc) is 3.14. The summed E-state index contributed by atoms with van der Waals surface area (Å²) < 4.78 is 2.24. The quantitative estimate of drug-likeness (QED) is 0.740. The van der Waals surface area contributed by atoms with Crippen LogP contribution in [0.1, 0.15) is 75.3 Å². The first-order valence-electron chi connectivity index (χ1n) is 11.4. The SMILES string of the molecule is CCN(Cc1cc2n(n1)CCCC2)C1CCN(c2cc(C)nc(C(C)C)n2)CC1. The van der Waals surface area contributed by atoms with Gasteiger partial charge in [0, 0.05) is 55.6 Å². The molecule has 158 valence electrons. The second-order valence-corrected chi connectivity index (χ2v) is 8.97. The molecule has 2 aliphatic heterocycles. The molecular formula is C23H36N6. The van der Waals surface area contributed by atoms with E-state index in [-0.39, 0.29) is 0 Å². The summed E-state index contributed by atoms with van der Waals surface area (Å²) in [7, 11) is 0. The van der Waals surface area contributed by atoms with Gasteiger partial charge in [-0.15, -0.1) is 0 Å². The van der Waals surface area contributed by atoms with Gasteiger partial charge in [-0.3, -0.25) is 9.58 Å². The van der Waals surface area contributed by atoms with Crippen LogP contribution < -0.4 is 4.90 Å². The summed E-state index contributed by atoms with van der Waals surface area (Å²) in [6.45, 7) is 14.0. The first-order chi connectivity index (χ1) is 14.0. The standard InChI is InChI=1S/C23H36N6/c1-5-27(16-19-15-21-8-6-7-11-29(21)26-19)20-9-12-28(13-10-20)22-14-18(4)24-23(25-22)17(2)3/h14-15,17,20H,5-13,16H2,1-4H3. The molecular weight excluding hydrogens is 360 g/mol. The molecule has 0 atom stereocenters. The van der Waals surface area contributed by atoms with E-state index < -0.39 is 0 Å². The van der Waals surface area contributed by atoms with Crippen molar-refractivity contribution < 1.29 is 0 Å². The van der Waals surface area contributed by atoms with E-state index in [1.807, 2.05) is 0 Å². The van der Waals surface area contributed by atoms with E-state index in [2.05, 4.69) is 59.3 Å². The van der Waals surface area contributed by atoms with Crippen molar-refractivity contribution in [3.63, 3.8) is 0 Å². The molecule has 6 nitrogen and oxygen atoms in total. The highest BCUT2D eigenvalue weighted by Gasteiger charge is 2.26. The Kier molecular flexibility index (Phi) is 6.18. The zero-order valence-corrected chi connectivity index (χ0v) is 18.6. The summed E-state index contributed by atoms with van der Waals surface area (Å²) in [6, 6.07) is 5.11. The Morgan fingerprint density at radius 2 is 1.90 bits per heavy atom. The number of anilines is 1. The van der Waals surface area contributed by atoms with Gasteiger partial charge in [0.05, 0.1) is 5.69 Å². The molecule has 1 saturated heterocycles.